The van der Waals surface area contributed by atoms with Crippen LogP contribution in [0.5, 0.6) is 28.3 Å². The molecule has 1 amide bonds. The van der Waals surface area contributed by atoms with E-state index in [-0.39, 0.29) is 45.6 Å². The average molecular weight is 552 g/mol. The van der Waals surface area contributed by atoms with E-state index in [1.165, 1.54) is 64.2 Å². The van der Waals surface area contributed by atoms with Crippen LogP contribution in [0.25, 0.3) is 11.0 Å². The minimum absolute atomic E-state index is 0.0272. The van der Waals surface area contributed by atoms with Crippen LogP contribution in [-0.4, -0.2) is 58.1 Å². The number of anilines is 1. The third-order valence-electron chi connectivity index (χ3n) is 4.82. The number of aromatic nitrogens is 3. The molecule has 0 fully saturated rings. The number of carbonyl (C=O) groups is 1. The van der Waals surface area contributed by atoms with Crippen LogP contribution in [0.2, 0.25) is 0 Å². The van der Waals surface area contributed by atoms with Crippen LogP contribution in [0.3, 0.4) is 0 Å². The van der Waals surface area contributed by atoms with Gasteiger partial charge in [-0.25, -0.2) is 23.2 Å². The number of benzene rings is 1. The number of ether oxygens (including phenoxy) is 5. The molecule has 3 aromatic heterocycles. The molecule has 3 heterocycles. The fourth-order valence-electron chi connectivity index (χ4n) is 3.20. The van der Waals surface area contributed by atoms with Crippen molar-refractivity contribution in [2.24, 2.45) is 0 Å². The Morgan fingerprint density at radius 1 is 1.11 bits per heavy atom. The summed E-state index contributed by atoms with van der Waals surface area (Å²) in [7, 11) is 1.00. The van der Waals surface area contributed by atoms with Crippen molar-refractivity contribution in [1.82, 2.24) is 20.4 Å². The highest BCUT2D eigenvalue weighted by Crippen LogP contribution is 2.40. The molecule has 0 bridgehead atoms. The number of pyridine rings is 1. The predicted octanol–water partition coefficient (Wildman–Crippen LogP) is 3.15. The van der Waals surface area contributed by atoms with Crippen molar-refractivity contribution in [3.05, 3.63) is 35.5 Å². The van der Waals surface area contributed by atoms with Crippen LogP contribution in [0, 0.1) is 0 Å². The number of methoxy groups -OCH3 is 4. The molecule has 4 aromatic rings. The number of rotatable bonds is 10. The van der Waals surface area contributed by atoms with E-state index < -0.39 is 16.1 Å². The Bertz CT molecular complexity index is 1510. The molecular formula is C21H21N5O9S2. The summed E-state index contributed by atoms with van der Waals surface area (Å²) in [6.07, 6.45) is 0.774. The lowest BCUT2D eigenvalue weighted by Crippen LogP contribution is -2.22. The first-order chi connectivity index (χ1) is 17.8. The highest BCUT2D eigenvalue weighted by atomic mass is 32.2. The summed E-state index contributed by atoms with van der Waals surface area (Å²) in [4.78, 5) is 19.1. The van der Waals surface area contributed by atoms with Gasteiger partial charge in [0.05, 0.1) is 40.7 Å². The Morgan fingerprint density at radius 2 is 1.89 bits per heavy atom. The molecule has 0 atom stereocenters. The Hall–Kier alpha value is -4.31. The Balaban J connectivity index is 1.62. The van der Waals surface area contributed by atoms with E-state index in [9.17, 15) is 13.2 Å². The predicted molar refractivity (Wildman–Crippen MR) is 130 cm³/mol. The molecule has 4 rings (SSSR count). The number of nitrogens with one attached hydrogen (secondary N) is 2. The topological polar surface area (TPSA) is 173 Å². The van der Waals surface area contributed by atoms with Crippen LogP contribution < -0.4 is 29.0 Å². The second-order valence-corrected chi connectivity index (χ2v) is 9.48. The molecule has 0 aliphatic carbocycles. The van der Waals surface area contributed by atoms with Gasteiger partial charge in [-0.2, -0.15) is 0 Å². The molecule has 0 radical (unpaired) electrons. The molecule has 16 heteroatoms. The molecule has 0 saturated heterocycles. The second kappa shape index (κ2) is 10.8. The molecular weight excluding hydrogens is 530 g/mol. The lowest BCUT2D eigenvalue weighted by Gasteiger charge is -2.13. The van der Waals surface area contributed by atoms with Gasteiger partial charge in [-0.3, -0.25) is 4.72 Å². The van der Waals surface area contributed by atoms with Crippen molar-refractivity contribution in [1.29, 1.82) is 0 Å². The molecule has 37 heavy (non-hydrogen) atoms. The van der Waals surface area contributed by atoms with Crippen molar-refractivity contribution in [2.45, 2.75) is 11.4 Å². The summed E-state index contributed by atoms with van der Waals surface area (Å²) >= 11 is 1.21. The van der Waals surface area contributed by atoms with Gasteiger partial charge in [-0.05, 0) is 0 Å². The first kappa shape index (κ1) is 25.8. The Labute approximate surface area is 214 Å². The van der Waals surface area contributed by atoms with Gasteiger partial charge in [0.1, 0.15) is 22.6 Å². The SMILES string of the molecule is COC(=O)NCc1csc(Oc2cc(OC)c3c(NS(=O)(=O)c4c(OC)ccnc4OC)noc3c2)n1. The summed E-state index contributed by atoms with van der Waals surface area (Å²) < 4.78 is 60.2. The van der Waals surface area contributed by atoms with Gasteiger partial charge < -0.3 is 33.5 Å². The van der Waals surface area contributed by atoms with Crippen molar-refractivity contribution >= 4 is 44.2 Å². The zero-order valence-corrected chi connectivity index (χ0v) is 21.6. The average Bonchev–Trinajstić information content (AvgIpc) is 3.52. The van der Waals surface area contributed by atoms with E-state index in [0.29, 0.717) is 16.6 Å². The van der Waals surface area contributed by atoms with Gasteiger partial charge in [0.2, 0.25) is 5.88 Å². The second-order valence-electron chi connectivity index (χ2n) is 7.04. The third-order valence-corrected chi connectivity index (χ3v) is 6.96. The molecule has 14 nitrogen and oxygen atoms in total. The van der Waals surface area contributed by atoms with Crippen LogP contribution in [0.15, 0.2) is 39.2 Å². The molecule has 2 N–H and O–H groups in total. The summed E-state index contributed by atoms with van der Waals surface area (Å²) in [6.45, 7) is 0.160. The number of carbonyl (C=O) groups excluding carboxylic acids is 1. The monoisotopic (exact) mass is 551 g/mol. The highest BCUT2D eigenvalue weighted by Gasteiger charge is 2.29. The third kappa shape index (κ3) is 5.44. The number of hydrogen-bond acceptors (Lipinski definition) is 13. The zero-order chi connectivity index (χ0) is 26.6. The molecule has 0 aliphatic rings. The van der Waals surface area contributed by atoms with Crippen molar-refractivity contribution in [2.75, 3.05) is 33.2 Å². The smallest absolute Gasteiger partial charge is 0.407 e. The number of sulfonamides is 1. The minimum Gasteiger partial charge on any atom is -0.496 e. The fourth-order valence-corrected chi connectivity index (χ4v) is 5.16. The number of amides is 1. The highest BCUT2D eigenvalue weighted by molar-refractivity contribution is 7.93. The first-order valence-electron chi connectivity index (χ1n) is 10.3. The van der Waals surface area contributed by atoms with Crippen molar-refractivity contribution in [3.63, 3.8) is 0 Å². The van der Waals surface area contributed by atoms with E-state index in [1.54, 1.807) is 5.38 Å². The van der Waals surface area contributed by atoms with Gasteiger partial charge in [-0.15, -0.1) is 0 Å². The van der Waals surface area contributed by atoms with E-state index in [0.717, 1.165) is 0 Å². The number of nitrogens with zero attached hydrogens (tertiary/aromatic N) is 3. The zero-order valence-electron chi connectivity index (χ0n) is 19.9. The molecule has 0 unspecified atom stereocenters. The molecule has 0 saturated carbocycles. The molecule has 1 aromatic carbocycles. The van der Waals surface area contributed by atoms with Crippen LogP contribution in [-0.2, 0) is 21.3 Å². The van der Waals surface area contributed by atoms with Crippen LogP contribution in [0.4, 0.5) is 10.6 Å². The van der Waals surface area contributed by atoms with Crippen molar-refractivity contribution in [3.8, 4) is 28.3 Å². The van der Waals surface area contributed by atoms with Gasteiger partial charge in [-0.1, -0.05) is 16.5 Å². The van der Waals surface area contributed by atoms with Gasteiger partial charge in [0.15, 0.2) is 16.3 Å². The number of thiazole rings is 1. The number of fused-ring (bicyclic) bond motifs is 1. The Kier molecular flexibility index (Phi) is 7.49. The standard InChI is InChI=1S/C21H21N5O9S2/c1-30-13-5-6-22-19(32-3)17(13)37(28,29)26-18-16-14(31-2)7-12(8-15(16)35-25-18)34-21-24-11(10-36-21)9-23-20(27)33-4/h5-8,10H,9H2,1-4H3,(H,23,27)(H,25,26). The molecule has 196 valence electrons. The fraction of sp³-hybridized carbons (Fsp3) is 0.238. The lowest BCUT2D eigenvalue weighted by atomic mass is 10.2. The summed E-state index contributed by atoms with van der Waals surface area (Å²) in [5.41, 5.74) is 0.748. The van der Waals surface area contributed by atoms with Gasteiger partial charge in [0.25, 0.3) is 15.2 Å². The van der Waals surface area contributed by atoms with Crippen molar-refractivity contribution < 1.29 is 41.4 Å². The largest absolute Gasteiger partial charge is 0.496 e. The summed E-state index contributed by atoms with van der Waals surface area (Å²) in [5, 5.41) is 8.64. The maximum atomic E-state index is 13.2. The van der Waals surface area contributed by atoms with Gasteiger partial charge in [0, 0.05) is 29.8 Å². The maximum Gasteiger partial charge on any atom is 0.407 e. The van der Waals surface area contributed by atoms with E-state index in [2.05, 4.69) is 29.9 Å². The molecule has 0 spiro atoms. The molecule has 0 aliphatic heterocycles. The van der Waals surface area contributed by atoms with Crippen LogP contribution in [0.1, 0.15) is 5.69 Å². The lowest BCUT2D eigenvalue weighted by molar-refractivity contribution is 0.170. The maximum absolute atomic E-state index is 13.2. The summed E-state index contributed by atoms with van der Waals surface area (Å²) in [6, 6.07) is 4.41. The Morgan fingerprint density at radius 3 is 2.59 bits per heavy atom. The van der Waals surface area contributed by atoms with Crippen LogP contribution >= 0.6 is 11.3 Å². The van der Waals surface area contributed by atoms with E-state index in [4.69, 9.17) is 23.5 Å². The van der Waals surface area contributed by atoms with Gasteiger partial charge >= 0.3 is 6.09 Å². The normalized spacial score (nSPS) is 11.1. The van der Waals surface area contributed by atoms with E-state index in [1.807, 2.05) is 0 Å². The quantitative estimate of drug-likeness (QED) is 0.295. The number of hydrogen-bond donors (Lipinski definition) is 2. The van der Waals surface area contributed by atoms with E-state index >= 15 is 0 Å². The number of alkyl carbamates (subject to hydrolysis) is 1. The minimum atomic E-state index is -4.27. The summed E-state index contributed by atoms with van der Waals surface area (Å²) in [5.74, 6) is 0.260. The first-order valence-corrected chi connectivity index (χ1v) is 12.7.